The minimum atomic E-state index is -0.852. The number of likely N-dealkylation sites (tertiary alicyclic amines) is 2. The molecule has 3 spiro atoms. The monoisotopic (exact) mass is 367 g/mol. The highest BCUT2D eigenvalue weighted by Crippen LogP contribution is 2.74. The van der Waals surface area contributed by atoms with Gasteiger partial charge in [0.05, 0.1) is 11.5 Å². The molecule has 5 aliphatic rings. The van der Waals surface area contributed by atoms with Gasteiger partial charge >= 0.3 is 0 Å². The van der Waals surface area contributed by atoms with E-state index in [1.54, 1.807) is 6.92 Å². The van der Waals surface area contributed by atoms with E-state index in [-0.39, 0.29) is 29.2 Å². The fraction of sp³-hybridized carbons (Fsp3) is 0.619. The molecule has 0 saturated carbocycles. The maximum atomic E-state index is 13.6. The van der Waals surface area contributed by atoms with Crippen LogP contribution in [0, 0.1) is 5.92 Å². The molecule has 1 aromatic rings. The number of fused-ring (bicyclic) bond motifs is 1. The number of carbonyl (C=O) groups excluding carboxylic acids is 2. The lowest BCUT2D eigenvalue weighted by molar-refractivity contribution is -0.181. The van der Waals surface area contributed by atoms with Crippen LogP contribution in [0.2, 0.25) is 0 Å². The molecule has 142 valence electrons. The summed E-state index contributed by atoms with van der Waals surface area (Å²) < 4.78 is 6.89. The Morgan fingerprint density at radius 1 is 1.22 bits per heavy atom. The molecule has 4 fully saturated rings. The van der Waals surface area contributed by atoms with Crippen molar-refractivity contribution in [1.29, 1.82) is 0 Å². The van der Waals surface area contributed by atoms with Crippen LogP contribution in [0.15, 0.2) is 24.3 Å². The third kappa shape index (κ3) is 1.36. The van der Waals surface area contributed by atoms with Crippen LogP contribution in [-0.2, 0) is 19.7 Å². The molecule has 6 nitrogen and oxygen atoms in total. The molecule has 27 heavy (non-hydrogen) atoms. The van der Waals surface area contributed by atoms with Crippen LogP contribution >= 0.6 is 0 Å². The molecule has 0 aliphatic carbocycles. The Morgan fingerprint density at radius 2 is 2.00 bits per heavy atom. The number of para-hydroxylation sites is 1. The van der Waals surface area contributed by atoms with Gasteiger partial charge in [-0.1, -0.05) is 18.2 Å². The average Bonchev–Trinajstić information content (AvgIpc) is 3.31. The van der Waals surface area contributed by atoms with E-state index in [2.05, 4.69) is 36.2 Å². The zero-order valence-corrected chi connectivity index (χ0v) is 16.1. The van der Waals surface area contributed by atoms with Gasteiger partial charge in [-0.25, -0.2) is 0 Å². The molecule has 1 aromatic carbocycles. The van der Waals surface area contributed by atoms with Crippen molar-refractivity contribution in [3.05, 3.63) is 29.8 Å². The van der Waals surface area contributed by atoms with Gasteiger partial charge in [0, 0.05) is 52.1 Å². The molecular formula is C21H25N3O3. The first-order chi connectivity index (χ1) is 12.9. The zero-order chi connectivity index (χ0) is 18.8. The van der Waals surface area contributed by atoms with Gasteiger partial charge in [-0.3, -0.25) is 9.59 Å². The third-order valence-electron chi connectivity index (χ3n) is 8.23. The van der Waals surface area contributed by atoms with Crippen molar-refractivity contribution in [2.24, 2.45) is 5.92 Å². The Hall–Kier alpha value is -2.08. The number of hydrogen-bond acceptors (Lipinski definition) is 4. The molecule has 5 aliphatic heterocycles. The van der Waals surface area contributed by atoms with Crippen LogP contribution in [0.1, 0.15) is 31.7 Å². The number of likely N-dealkylation sites (N-methyl/N-ethyl adjacent to an activating group) is 2. The number of ether oxygens (including phenoxy) is 1. The Balaban J connectivity index is 1.67. The van der Waals surface area contributed by atoms with Crippen LogP contribution in [0.3, 0.4) is 0 Å². The highest BCUT2D eigenvalue weighted by atomic mass is 16.6. The summed E-state index contributed by atoms with van der Waals surface area (Å²) >= 11 is 0. The van der Waals surface area contributed by atoms with Crippen LogP contribution in [0.25, 0.3) is 0 Å². The minimum Gasteiger partial charge on any atom is -0.367 e. The molecule has 4 saturated heterocycles. The summed E-state index contributed by atoms with van der Waals surface area (Å²) in [6.45, 7) is 3.10. The van der Waals surface area contributed by atoms with Crippen LogP contribution in [0.5, 0.6) is 0 Å². The van der Waals surface area contributed by atoms with Gasteiger partial charge in [-0.15, -0.1) is 0 Å². The number of amides is 2. The lowest BCUT2D eigenvalue weighted by atomic mass is 9.56. The van der Waals surface area contributed by atoms with Gasteiger partial charge in [-0.2, -0.15) is 0 Å². The number of rotatable bonds is 0. The summed E-state index contributed by atoms with van der Waals surface area (Å²) in [6.07, 6.45) is 2.56. The maximum Gasteiger partial charge on any atom is 0.257 e. The summed E-state index contributed by atoms with van der Waals surface area (Å²) in [7, 11) is 3.98. The van der Waals surface area contributed by atoms with Crippen molar-refractivity contribution in [3.8, 4) is 0 Å². The summed E-state index contributed by atoms with van der Waals surface area (Å²) in [4.78, 5) is 32.3. The van der Waals surface area contributed by atoms with E-state index in [4.69, 9.17) is 4.74 Å². The normalized spacial score (nSPS) is 43.7. The topological polar surface area (TPSA) is 53.1 Å². The van der Waals surface area contributed by atoms with Crippen LogP contribution in [0.4, 0.5) is 5.69 Å². The first-order valence-corrected chi connectivity index (χ1v) is 9.96. The smallest absolute Gasteiger partial charge is 0.257 e. The quantitative estimate of drug-likeness (QED) is 0.695. The van der Waals surface area contributed by atoms with Crippen LogP contribution < -0.4 is 4.90 Å². The average molecular weight is 367 g/mol. The van der Waals surface area contributed by atoms with Crippen molar-refractivity contribution >= 4 is 17.5 Å². The van der Waals surface area contributed by atoms with E-state index in [9.17, 15) is 9.59 Å². The predicted octanol–water partition coefficient (Wildman–Crippen LogP) is 1.34. The number of piperidine rings is 1. The first kappa shape index (κ1) is 15.9. The predicted molar refractivity (Wildman–Crippen MR) is 99.2 cm³/mol. The van der Waals surface area contributed by atoms with Crippen molar-refractivity contribution < 1.29 is 14.3 Å². The fourth-order valence-corrected chi connectivity index (χ4v) is 7.45. The van der Waals surface area contributed by atoms with E-state index >= 15 is 0 Å². The lowest BCUT2D eigenvalue weighted by Crippen LogP contribution is -2.69. The summed E-state index contributed by atoms with van der Waals surface area (Å²) in [5, 5.41) is 0. The molecule has 6 heteroatoms. The SMILES string of the molecule is CC(=O)N1CCC23c4ccccc4N(C)[C@H]2[C@]24O[C@]13C[C@H]2CCN(C)C4=O. The van der Waals surface area contributed by atoms with Crippen molar-refractivity contribution in [2.75, 3.05) is 32.1 Å². The molecule has 0 aromatic heterocycles. The highest BCUT2D eigenvalue weighted by Gasteiger charge is 2.87. The molecule has 2 bridgehead atoms. The van der Waals surface area contributed by atoms with E-state index in [0.29, 0.717) is 6.54 Å². The first-order valence-electron chi connectivity index (χ1n) is 9.96. The Kier molecular flexibility index (Phi) is 2.65. The van der Waals surface area contributed by atoms with E-state index in [0.717, 1.165) is 25.8 Å². The van der Waals surface area contributed by atoms with Gasteiger partial charge in [-0.05, 0) is 24.5 Å². The summed E-state index contributed by atoms with van der Waals surface area (Å²) in [5.41, 5.74) is 0.554. The standard InChI is InChI=1S/C21H25N3O3/c1-13(25)24-11-9-19-15-6-4-5-7-16(15)23(3)17(19)21-14(12-20(19,24)27-21)8-10-22(2)18(21)26/h4-7,14,17H,8-12H2,1-3H3/t14-,17-,19?,20+,21-/m1/s1. The van der Waals surface area contributed by atoms with Crippen molar-refractivity contribution in [1.82, 2.24) is 9.80 Å². The summed E-state index contributed by atoms with van der Waals surface area (Å²) in [6, 6.07) is 8.41. The molecule has 2 amide bonds. The highest BCUT2D eigenvalue weighted by molar-refractivity contribution is 5.92. The molecule has 0 radical (unpaired) electrons. The second-order valence-electron chi connectivity index (χ2n) is 9.02. The van der Waals surface area contributed by atoms with E-state index in [1.165, 1.54) is 11.3 Å². The second kappa shape index (κ2) is 4.49. The molecule has 1 unspecified atom stereocenters. The maximum absolute atomic E-state index is 13.6. The van der Waals surface area contributed by atoms with Gasteiger partial charge in [0.1, 0.15) is 0 Å². The van der Waals surface area contributed by atoms with Crippen LogP contribution in [-0.4, -0.2) is 66.2 Å². The fourth-order valence-electron chi connectivity index (χ4n) is 7.45. The van der Waals surface area contributed by atoms with E-state index < -0.39 is 11.3 Å². The van der Waals surface area contributed by atoms with Gasteiger partial charge in [0.2, 0.25) is 5.91 Å². The largest absolute Gasteiger partial charge is 0.367 e. The van der Waals surface area contributed by atoms with Gasteiger partial charge in [0.15, 0.2) is 11.3 Å². The van der Waals surface area contributed by atoms with Gasteiger partial charge < -0.3 is 19.4 Å². The second-order valence-corrected chi connectivity index (χ2v) is 9.02. The van der Waals surface area contributed by atoms with E-state index in [1.807, 2.05) is 16.8 Å². The number of benzene rings is 1. The minimum absolute atomic E-state index is 0.0501. The molecule has 5 heterocycles. The molecule has 0 N–H and O–H groups in total. The molecular weight excluding hydrogens is 342 g/mol. The third-order valence-corrected chi connectivity index (χ3v) is 8.23. The Morgan fingerprint density at radius 3 is 2.78 bits per heavy atom. The number of anilines is 1. The summed E-state index contributed by atoms with van der Waals surface area (Å²) in [5.74, 6) is 0.308. The lowest BCUT2D eigenvalue weighted by Gasteiger charge is -2.50. The Bertz CT molecular complexity index is 902. The Labute approximate surface area is 159 Å². The number of nitrogens with zero attached hydrogens (tertiary/aromatic N) is 3. The van der Waals surface area contributed by atoms with Gasteiger partial charge in [0.25, 0.3) is 5.91 Å². The molecule has 6 rings (SSSR count). The number of hydrogen-bond donors (Lipinski definition) is 0. The molecule has 5 atom stereocenters. The zero-order valence-electron chi connectivity index (χ0n) is 16.1. The number of carbonyl (C=O) groups is 2. The van der Waals surface area contributed by atoms with Crippen molar-refractivity contribution in [2.45, 2.75) is 49.0 Å². The van der Waals surface area contributed by atoms with Crippen molar-refractivity contribution in [3.63, 3.8) is 0 Å².